The van der Waals surface area contributed by atoms with Gasteiger partial charge in [-0.25, -0.2) is 22.4 Å². The first-order chi connectivity index (χ1) is 18.4. The maximum Gasteiger partial charge on any atom is 0.500 e. The summed E-state index contributed by atoms with van der Waals surface area (Å²) in [5.41, 5.74) is 4.65. The number of imide groups is 1. The minimum absolute atomic E-state index is 0.0120. The van der Waals surface area contributed by atoms with Gasteiger partial charge in [-0.2, -0.15) is 0 Å². The molecule has 0 spiro atoms. The molecule has 0 bridgehead atoms. The van der Waals surface area contributed by atoms with Crippen molar-refractivity contribution < 1.29 is 54.9 Å². The number of benzene rings is 1. The van der Waals surface area contributed by atoms with Gasteiger partial charge in [0.05, 0.1) is 6.54 Å². The number of azide groups is 1. The van der Waals surface area contributed by atoms with E-state index < -0.39 is 61.1 Å². The number of hydroxylamine groups is 2. The topological polar surface area (TPSA) is 181 Å². The fraction of sp³-hybridized carbons (Fsp3) is 0.500. The second-order valence-electron chi connectivity index (χ2n) is 7.41. The van der Waals surface area contributed by atoms with Crippen molar-refractivity contribution >= 4 is 38.2 Å². The van der Waals surface area contributed by atoms with E-state index in [0.717, 1.165) is 6.42 Å². The SMILES string of the molecule is CNCC(=O)NCCC[Si](OC)(OC)OC.[N-]=[N+]=Nc1c(F)c(F)c(C(=O)ON2C(=O)CCC2=O)c(F)c1F. The largest absolute Gasteiger partial charge is 0.500 e. The Labute approximate surface area is 220 Å². The van der Waals surface area contributed by atoms with Gasteiger partial charge in [-0.05, 0) is 19.0 Å². The molecule has 3 amide bonds. The number of hydrogen-bond acceptors (Lipinski definition) is 10. The highest BCUT2D eigenvalue weighted by Gasteiger charge is 2.37. The van der Waals surface area contributed by atoms with Crippen LogP contribution in [0.5, 0.6) is 0 Å². The molecule has 2 rings (SSSR count). The average Bonchev–Trinajstić information content (AvgIpc) is 3.23. The van der Waals surface area contributed by atoms with E-state index in [0.29, 0.717) is 19.1 Å². The minimum atomic E-state index is -2.47. The predicted molar refractivity (Wildman–Crippen MR) is 125 cm³/mol. The van der Waals surface area contributed by atoms with Crippen LogP contribution in [-0.4, -0.2) is 79.0 Å². The summed E-state index contributed by atoms with van der Waals surface area (Å²) < 4.78 is 70.2. The van der Waals surface area contributed by atoms with Crippen molar-refractivity contribution in [2.75, 3.05) is 41.5 Å². The quantitative estimate of drug-likeness (QED) is 0.0544. The van der Waals surface area contributed by atoms with Crippen LogP contribution < -0.4 is 10.6 Å². The Morgan fingerprint density at radius 2 is 1.51 bits per heavy atom. The Hall–Kier alpha value is -3.61. The molecular weight excluding hydrogens is 556 g/mol. The smallest absolute Gasteiger partial charge is 0.377 e. The molecule has 1 aromatic carbocycles. The number of likely N-dealkylation sites (N-methyl/N-ethyl adjacent to an activating group) is 1. The van der Waals surface area contributed by atoms with Crippen LogP contribution in [0, 0.1) is 23.3 Å². The van der Waals surface area contributed by atoms with Gasteiger partial charge >= 0.3 is 14.8 Å². The van der Waals surface area contributed by atoms with E-state index in [2.05, 4.69) is 20.6 Å². The Kier molecular flexibility index (Phi) is 13.5. The van der Waals surface area contributed by atoms with Crippen LogP contribution in [0.25, 0.3) is 10.4 Å². The van der Waals surface area contributed by atoms with Crippen molar-refractivity contribution in [1.29, 1.82) is 0 Å². The highest BCUT2D eigenvalue weighted by molar-refractivity contribution is 6.60. The third-order valence-electron chi connectivity index (χ3n) is 5.02. The van der Waals surface area contributed by atoms with Gasteiger partial charge in [-0.15, -0.1) is 5.06 Å². The highest BCUT2D eigenvalue weighted by Crippen LogP contribution is 2.31. The fourth-order valence-electron chi connectivity index (χ4n) is 3.03. The molecule has 19 heteroatoms. The molecule has 0 aromatic heterocycles. The van der Waals surface area contributed by atoms with Gasteiger partial charge in [0.15, 0.2) is 23.3 Å². The van der Waals surface area contributed by atoms with Gasteiger partial charge < -0.3 is 28.7 Å². The molecule has 0 aliphatic carbocycles. The predicted octanol–water partition coefficient (Wildman–Crippen LogP) is 2.00. The molecule has 1 aliphatic heterocycles. The van der Waals surface area contributed by atoms with Crippen LogP contribution in [0.3, 0.4) is 0 Å². The number of nitrogens with zero attached hydrogens (tertiary/aromatic N) is 4. The number of hydrogen-bond donors (Lipinski definition) is 2. The summed E-state index contributed by atoms with van der Waals surface area (Å²) in [4.78, 5) is 51.4. The maximum atomic E-state index is 13.7. The summed E-state index contributed by atoms with van der Waals surface area (Å²) in [7, 11) is 4.01. The molecule has 1 aliphatic rings. The molecule has 1 saturated heterocycles. The standard InChI is InChI=1S/C11H4F4N4O4.C9H22N2O4Si/c12-6-5(7(13)9(15)10(8(6)14)17-18-16)11(22)23-19-3(20)1-2-4(19)21;1-10-8-9(12)11-6-5-7-16(13-2,14-3)15-4/h1-2H2;10H,5-8H2,1-4H3,(H,11,12). The van der Waals surface area contributed by atoms with Crippen LogP contribution in [0.1, 0.15) is 29.6 Å². The molecule has 0 unspecified atom stereocenters. The number of amides is 3. The first-order valence-corrected chi connectivity index (χ1v) is 12.9. The van der Waals surface area contributed by atoms with Crippen molar-refractivity contribution in [1.82, 2.24) is 15.7 Å². The van der Waals surface area contributed by atoms with E-state index in [9.17, 15) is 36.7 Å². The summed E-state index contributed by atoms with van der Waals surface area (Å²) in [6.07, 6.45) is 0.183. The number of carbonyl (C=O) groups excluding carboxylic acids is 4. The number of carbonyl (C=O) groups is 4. The molecule has 216 valence electrons. The summed E-state index contributed by atoms with van der Waals surface area (Å²) in [6.45, 7) is 0.937. The molecule has 2 N–H and O–H groups in total. The van der Waals surface area contributed by atoms with Crippen molar-refractivity contribution in [3.63, 3.8) is 0 Å². The Balaban J connectivity index is 0.000000420. The Morgan fingerprint density at radius 3 is 1.95 bits per heavy atom. The Bertz CT molecular complexity index is 1080. The van der Waals surface area contributed by atoms with E-state index in [1.54, 1.807) is 28.4 Å². The lowest BCUT2D eigenvalue weighted by Gasteiger charge is -2.24. The number of nitrogens with one attached hydrogen (secondary N) is 2. The van der Waals surface area contributed by atoms with Crippen LogP contribution in [0.15, 0.2) is 5.11 Å². The monoisotopic (exact) mass is 582 g/mol. The third-order valence-corrected chi connectivity index (χ3v) is 7.85. The third kappa shape index (κ3) is 8.70. The van der Waals surface area contributed by atoms with E-state index in [1.165, 1.54) is 0 Å². The number of halogens is 4. The van der Waals surface area contributed by atoms with Gasteiger partial charge in [0.25, 0.3) is 11.8 Å². The Morgan fingerprint density at radius 1 is 1.00 bits per heavy atom. The second-order valence-corrected chi connectivity index (χ2v) is 10.5. The van der Waals surface area contributed by atoms with E-state index >= 15 is 0 Å². The molecule has 14 nitrogen and oxygen atoms in total. The zero-order valence-corrected chi connectivity index (χ0v) is 22.3. The first-order valence-electron chi connectivity index (χ1n) is 11.0. The van der Waals surface area contributed by atoms with Crippen molar-refractivity contribution in [3.05, 3.63) is 39.3 Å². The van der Waals surface area contributed by atoms with Gasteiger partial charge in [0, 0.05) is 51.7 Å². The zero-order valence-electron chi connectivity index (χ0n) is 21.3. The van der Waals surface area contributed by atoms with Crippen LogP contribution >= 0.6 is 0 Å². The summed E-state index contributed by atoms with van der Waals surface area (Å²) in [5.74, 6) is -12.6. The van der Waals surface area contributed by atoms with Gasteiger partial charge in [-0.1, -0.05) is 5.11 Å². The van der Waals surface area contributed by atoms with Gasteiger partial charge in [0.2, 0.25) is 5.91 Å². The average molecular weight is 583 g/mol. The lowest BCUT2D eigenvalue weighted by Crippen LogP contribution is -2.43. The second kappa shape index (κ2) is 15.7. The molecule has 0 radical (unpaired) electrons. The molecule has 0 atom stereocenters. The van der Waals surface area contributed by atoms with E-state index in [4.69, 9.17) is 18.8 Å². The molecular formula is C20H26F4N6O8Si. The molecule has 0 saturated carbocycles. The van der Waals surface area contributed by atoms with Gasteiger partial charge in [0.1, 0.15) is 11.3 Å². The number of rotatable bonds is 12. The zero-order chi connectivity index (χ0) is 29.8. The molecule has 1 fully saturated rings. The normalized spacial score (nSPS) is 13.0. The molecule has 1 heterocycles. The summed E-state index contributed by atoms with van der Waals surface area (Å²) >= 11 is 0. The lowest BCUT2D eigenvalue weighted by atomic mass is 10.1. The van der Waals surface area contributed by atoms with Crippen molar-refractivity contribution in [2.45, 2.75) is 25.3 Å². The molecule has 1 aromatic rings. The van der Waals surface area contributed by atoms with E-state index in [-0.39, 0.29) is 23.8 Å². The van der Waals surface area contributed by atoms with Crippen molar-refractivity contribution in [2.24, 2.45) is 5.11 Å². The summed E-state index contributed by atoms with van der Waals surface area (Å²) in [6, 6.07) is 0.691. The molecule has 39 heavy (non-hydrogen) atoms. The maximum absolute atomic E-state index is 13.7. The lowest BCUT2D eigenvalue weighted by molar-refractivity contribution is -0.172. The van der Waals surface area contributed by atoms with Gasteiger partial charge in [-0.3, -0.25) is 14.4 Å². The first kappa shape index (κ1) is 33.4. The minimum Gasteiger partial charge on any atom is -0.377 e. The van der Waals surface area contributed by atoms with E-state index in [1.807, 2.05) is 4.91 Å². The van der Waals surface area contributed by atoms with Crippen molar-refractivity contribution in [3.8, 4) is 0 Å². The van der Waals surface area contributed by atoms with Crippen LogP contribution in [0.4, 0.5) is 23.2 Å². The van der Waals surface area contributed by atoms with Crippen LogP contribution in [-0.2, 0) is 32.5 Å². The van der Waals surface area contributed by atoms with Crippen LogP contribution in [0.2, 0.25) is 6.04 Å². The summed E-state index contributed by atoms with van der Waals surface area (Å²) in [5, 5.41) is 7.94. The highest BCUT2D eigenvalue weighted by atomic mass is 28.4. The fourth-order valence-corrected chi connectivity index (χ4v) is 4.75.